The Kier molecular flexibility index (Phi) is 7.70. The Balaban J connectivity index is 1.85. The normalized spacial score (nSPS) is 17.7. The Morgan fingerprint density at radius 1 is 1.36 bits per heavy atom. The van der Waals surface area contributed by atoms with Crippen LogP contribution in [0.1, 0.15) is 26.7 Å². The van der Waals surface area contributed by atoms with E-state index in [0.29, 0.717) is 36.3 Å². The number of rotatable bonds is 8. The first-order valence-corrected chi connectivity index (χ1v) is 11.1. The molecule has 2 heterocycles. The van der Waals surface area contributed by atoms with Crippen LogP contribution in [0.15, 0.2) is 34.1 Å². The van der Waals surface area contributed by atoms with E-state index >= 15 is 0 Å². The van der Waals surface area contributed by atoms with Gasteiger partial charge in [0.25, 0.3) is 5.56 Å². The maximum absolute atomic E-state index is 13.2. The van der Waals surface area contributed by atoms with E-state index in [4.69, 9.17) is 28.5 Å². The van der Waals surface area contributed by atoms with Crippen molar-refractivity contribution in [2.24, 2.45) is 16.6 Å². The lowest BCUT2D eigenvalue weighted by molar-refractivity contribution is -0.121. The number of hydrogen-bond acceptors (Lipinski definition) is 7. The SMILES string of the molecule is CC(C)Nc1nc(Cl)c(-c2cccc(N)c2)n(CC(=O)NCC2CCC(C(=N)N)C=N2)c1=O. The standard InChI is InChI=1S/C22H29ClN8O2/c1-12(2)29-21-22(33)31(18(19(23)30-21)13-4-3-5-15(24)8-13)11-17(32)28-10-16-7-6-14(9-27-16)20(25)26/h3-5,8-9,12,14,16H,6-7,10-11,24H2,1-2H3,(H3,25,26)(H,28,32)(H,29,30). The van der Waals surface area contributed by atoms with E-state index in [-0.39, 0.29) is 47.3 Å². The molecule has 0 bridgehead atoms. The van der Waals surface area contributed by atoms with E-state index in [1.807, 2.05) is 13.8 Å². The summed E-state index contributed by atoms with van der Waals surface area (Å²) < 4.78 is 1.31. The molecule has 0 spiro atoms. The van der Waals surface area contributed by atoms with Crippen LogP contribution in [0.5, 0.6) is 0 Å². The van der Waals surface area contributed by atoms with Crippen molar-refractivity contribution in [3.63, 3.8) is 0 Å². The van der Waals surface area contributed by atoms with Gasteiger partial charge < -0.3 is 22.1 Å². The van der Waals surface area contributed by atoms with Gasteiger partial charge in [0.1, 0.15) is 6.54 Å². The lowest BCUT2D eigenvalue weighted by atomic mass is 9.97. The predicted molar refractivity (Wildman–Crippen MR) is 132 cm³/mol. The van der Waals surface area contributed by atoms with Crippen LogP contribution in [0, 0.1) is 11.3 Å². The number of benzene rings is 1. The van der Waals surface area contributed by atoms with Crippen LogP contribution in [0.3, 0.4) is 0 Å². The van der Waals surface area contributed by atoms with Gasteiger partial charge in [-0.15, -0.1) is 0 Å². The van der Waals surface area contributed by atoms with Gasteiger partial charge >= 0.3 is 0 Å². The van der Waals surface area contributed by atoms with Crippen molar-refractivity contribution >= 4 is 41.1 Å². The highest BCUT2D eigenvalue weighted by Gasteiger charge is 2.22. The molecule has 1 aromatic heterocycles. The number of halogens is 1. The summed E-state index contributed by atoms with van der Waals surface area (Å²) in [5.74, 6) is -0.344. The van der Waals surface area contributed by atoms with Gasteiger partial charge in [-0.2, -0.15) is 0 Å². The lowest BCUT2D eigenvalue weighted by Gasteiger charge is -2.22. The number of amidine groups is 1. The van der Waals surface area contributed by atoms with E-state index in [0.717, 1.165) is 0 Å². The van der Waals surface area contributed by atoms with Gasteiger partial charge in [-0.1, -0.05) is 23.7 Å². The first-order chi connectivity index (χ1) is 15.7. The maximum Gasteiger partial charge on any atom is 0.294 e. The molecule has 1 aliphatic heterocycles. The quantitative estimate of drug-likeness (QED) is 0.223. The number of hydrogen-bond donors (Lipinski definition) is 5. The number of nitrogens with one attached hydrogen (secondary N) is 3. The van der Waals surface area contributed by atoms with E-state index in [9.17, 15) is 9.59 Å². The minimum absolute atomic E-state index is 0.0512. The molecular formula is C22H29ClN8O2. The molecule has 11 heteroatoms. The molecule has 2 atom stereocenters. The highest BCUT2D eigenvalue weighted by molar-refractivity contribution is 6.32. The summed E-state index contributed by atoms with van der Waals surface area (Å²) in [6.07, 6.45) is 3.08. The first kappa shape index (κ1) is 24.2. The minimum Gasteiger partial charge on any atom is -0.399 e. The van der Waals surface area contributed by atoms with Gasteiger partial charge in [0.2, 0.25) is 5.91 Å². The van der Waals surface area contributed by atoms with E-state index < -0.39 is 5.56 Å². The van der Waals surface area contributed by atoms with E-state index in [1.54, 1.807) is 30.5 Å². The number of nitrogens with zero attached hydrogens (tertiary/aromatic N) is 3. The van der Waals surface area contributed by atoms with Crippen molar-refractivity contribution in [3.8, 4) is 11.3 Å². The molecule has 1 amide bonds. The van der Waals surface area contributed by atoms with E-state index in [1.165, 1.54) is 4.57 Å². The van der Waals surface area contributed by atoms with Gasteiger partial charge in [-0.25, -0.2) is 4.98 Å². The highest BCUT2D eigenvalue weighted by Crippen LogP contribution is 2.27. The fourth-order valence-electron chi connectivity index (χ4n) is 3.59. The van der Waals surface area contributed by atoms with Gasteiger partial charge in [-0.05, 0) is 38.8 Å². The Morgan fingerprint density at radius 3 is 2.73 bits per heavy atom. The second-order valence-electron chi connectivity index (χ2n) is 8.31. The summed E-state index contributed by atoms with van der Waals surface area (Å²) in [5, 5.41) is 13.4. The van der Waals surface area contributed by atoms with Crippen LogP contribution in [0.4, 0.5) is 11.5 Å². The van der Waals surface area contributed by atoms with Gasteiger partial charge in [0.15, 0.2) is 11.0 Å². The second-order valence-corrected chi connectivity index (χ2v) is 8.67. The van der Waals surface area contributed by atoms with E-state index in [2.05, 4.69) is 20.6 Å². The van der Waals surface area contributed by atoms with Crippen LogP contribution < -0.4 is 27.7 Å². The molecule has 0 saturated carbocycles. The van der Waals surface area contributed by atoms with Crippen LogP contribution >= 0.6 is 11.6 Å². The molecule has 33 heavy (non-hydrogen) atoms. The molecule has 176 valence electrons. The van der Waals surface area contributed by atoms with Crippen LogP contribution in [0.2, 0.25) is 5.15 Å². The minimum atomic E-state index is -0.458. The summed E-state index contributed by atoms with van der Waals surface area (Å²) in [5.41, 5.74) is 12.4. The van der Waals surface area contributed by atoms with Crippen molar-refractivity contribution in [2.45, 2.75) is 45.3 Å². The molecule has 3 rings (SSSR count). The molecule has 10 nitrogen and oxygen atoms in total. The molecule has 1 aromatic carbocycles. The number of aromatic nitrogens is 2. The molecule has 0 fully saturated rings. The summed E-state index contributed by atoms with van der Waals surface area (Å²) in [7, 11) is 0. The Bertz CT molecular complexity index is 1130. The third kappa shape index (κ3) is 6.10. The summed E-state index contributed by atoms with van der Waals surface area (Å²) >= 11 is 6.47. The molecule has 7 N–H and O–H groups in total. The zero-order valence-corrected chi connectivity index (χ0v) is 19.4. The van der Waals surface area contributed by atoms with Crippen molar-refractivity contribution in [1.29, 1.82) is 5.41 Å². The average molecular weight is 473 g/mol. The van der Waals surface area contributed by atoms with Gasteiger partial charge in [0.05, 0.1) is 23.5 Å². The summed E-state index contributed by atoms with van der Waals surface area (Å²) in [6.45, 7) is 3.82. The van der Waals surface area contributed by atoms with Crippen molar-refractivity contribution in [2.75, 3.05) is 17.6 Å². The Labute approximate surface area is 196 Å². The summed E-state index contributed by atoms with van der Waals surface area (Å²) in [6, 6.07) is 6.74. The monoisotopic (exact) mass is 472 g/mol. The number of aliphatic imine (C=N–C) groups is 1. The summed E-state index contributed by atoms with van der Waals surface area (Å²) in [4.78, 5) is 34.6. The van der Waals surface area contributed by atoms with Gasteiger partial charge in [0, 0.05) is 30.1 Å². The first-order valence-electron chi connectivity index (χ1n) is 10.7. The molecule has 0 radical (unpaired) electrons. The number of nitrogens with two attached hydrogens (primary N) is 2. The zero-order valence-electron chi connectivity index (χ0n) is 18.6. The maximum atomic E-state index is 13.2. The Morgan fingerprint density at radius 2 is 2.12 bits per heavy atom. The number of carbonyl (C=O) groups excluding carboxylic acids is 1. The molecule has 2 aromatic rings. The van der Waals surface area contributed by atoms with Crippen LogP contribution in [-0.4, -0.2) is 46.1 Å². The van der Waals surface area contributed by atoms with Crippen molar-refractivity contribution in [1.82, 2.24) is 14.9 Å². The smallest absolute Gasteiger partial charge is 0.294 e. The molecule has 0 saturated heterocycles. The van der Waals surface area contributed by atoms with Gasteiger partial charge in [-0.3, -0.25) is 24.6 Å². The highest BCUT2D eigenvalue weighted by atomic mass is 35.5. The Hall–Kier alpha value is -3.40. The lowest BCUT2D eigenvalue weighted by Crippen LogP contribution is -2.39. The topological polar surface area (TPSA) is 164 Å². The second kappa shape index (κ2) is 10.5. The third-order valence-electron chi connectivity index (χ3n) is 5.23. The molecule has 0 aliphatic carbocycles. The number of anilines is 2. The fraction of sp³-hybridized carbons (Fsp3) is 0.409. The zero-order chi connectivity index (χ0) is 24.1. The van der Waals surface area contributed by atoms with Crippen LogP contribution in [0.25, 0.3) is 11.3 Å². The third-order valence-corrected chi connectivity index (χ3v) is 5.50. The molecule has 1 aliphatic rings. The van der Waals surface area contributed by atoms with Crippen molar-refractivity contribution in [3.05, 3.63) is 39.8 Å². The molecule has 2 unspecified atom stereocenters. The largest absolute Gasteiger partial charge is 0.399 e. The predicted octanol–water partition coefficient (Wildman–Crippen LogP) is 1.87. The van der Waals surface area contributed by atoms with Crippen LogP contribution in [-0.2, 0) is 11.3 Å². The fourth-order valence-corrected chi connectivity index (χ4v) is 3.88. The number of amides is 1. The average Bonchev–Trinajstić information content (AvgIpc) is 2.75. The number of nitrogen functional groups attached to an aromatic ring is 1. The van der Waals surface area contributed by atoms with Crippen molar-refractivity contribution < 1.29 is 4.79 Å². The molecular weight excluding hydrogens is 444 g/mol. The number of carbonyl (C=O) groups is 1.